The van der Waals surface area contributed by atoms with Crippen LogP contribution in [0, 0.1) is 5.82 Å². The molecule has 1 fully saturated rings. The zero-order valence-corrected chi connectivity index (χ0v) is 12.1. The van der Waals surface area contributed by atoms with E-state index in [4.69, 9.17) is 11.6 Å². The van der Waals surface area contributed by atoms with Crippen molar-refractivity contribution in [3.8, 4) is 0 Å². The second-order valence-electron chi connectivity index (χ2n) is 4.70. The van der Waals surface area contributed by atoms with Gasteiger partial charge in [0.1, 0.15) is 11.4 Å². The van der Waals surface area contributed by atoms with Crippen LogP contribution in [0.2, 0.25) is 5.02 Å². The predicted octanol–water partition coefficient (Wildman–Crippen LogP) is 3.08. The van der Waals surface area contributed by atoms with Crippen LogP contribution in [0.15, 0.2) is 23.1 Å². The molecule has 1 aromatic carbocycles. The molecule has 0 N–H and O–H groups in total. The Morgan fingerprint density at radius 1 is 1.45 bits per heavy atom. The highest BCUT2D eigenvalue weighted by atomic mass is 35.5. The van der Waals surface area contributed by atoms with Gasteiger partial charge in [0, 0.05) is 17.6 Å². The third-order valence-electron chi connectivity index (χ3n) is 3.34. The van der Waals surface area contributed by atoms with Gasteiger partial charge in [0.25, 0.3) is 0 Å². The van der Waals surface area contributed by atoms with Gasteiger partial charge in [-0.3, -0.25) is 4.79 Å². The number of carbonyl (C=O) groups is 1. The van der Waals surface area contributed by atoms with Crippen molar-refractivity contribution in [2.45, 2.75) is 18.9 Å². The first-order valence-corrected chi connectivity index (χ1v) is 6.83. The van der Waals surface area contributed by atoms with Crippen molar-refractivity contribution in [2.75, 3.05) is 0 Å². The van der Waals surface area contributed by atoms with E-state index in [2.05, 4.69) is 4.52 Å². The van der Waals surface area contributed by atoms with Gasteiger partial charge in [-0.05, 0) is 25.0 Å². The summed E-state index contributed by atoms with van der Waals surface area (Å²) in [5.41, 5.74) is -0.134. The summed E-state index contributed by atoms with van der Waals surface area (Å²) in [6, 6.07) is 2.69. The highest BCUT2D eigenvalue weighted by molar-refractivity contribution is 7.10. The summed E-state index contributed by atoms with van der Waals surface area (Å²) in [5.74, 6) is -1.44. The normalized spacial score (nSPS) is 14.6. The molecule has 1 aromatic heterocycles. The molecule has 0 aliphatic heterocycles. The van der Waals surface area contributed by atoms with Crippen LogP contribution in [0.5, 0.6) is 0 Å². The van der Waals surface area contributed by atoms with Crippen molar-refractivity contribution in [1.29, 1.82) is 0 Å². The van der Waals surface area contributed by atoms with Gasteiger partial charge in [-0.2, -0.15) is 0 Å². The van der Waals surface area contributed by atoms with E-state index >= 15 is 0 Å². The summed E-state index contributed by atoms with van der Waals surface area (Å²) in [7, 11) is 1.81. The van der Waals surface area contributed by atoms with Crippen molar-refractivity contribution in [3.05, 3.63) is 45.0 Å². The minimum Gasteiger partial charge on any atom is -0.448 e. The summed E-state index contributed by atoms with van der Waals surface area (Å²) in [6.45, 7) is 0. The molecule has 0 amide bonds. The van der Waals surface area contributed by atoms with E-state index in [1.165, 1.54) is 12.3 Å². The second-order valence-corrected chi connectivity index (χ2v) is 5.34. The lowest BCUT2D eigenvalue weighted by Gasteiger charge is -2.12. The maximum atomic E-state index is 13.6. The maximum Gasteiger partial charge on any atom is 0.345 e. The van der Waals surface area contributed by atoms with E-state index in [1.54, 1.807) is 14.0 Å². The molecule has 7 heteroatoms. The number of hydrogen-bond acceptors (Lipinski definition) is 3. The van der Waals surface area contributed by atoms with Crippen LogP contribution in [-0.2, 0) is 4.52 Å². The highest BCUT2D eigenvalue weighted by Gasteiger charge is 2.27. The monoisotopic (exact) mass is 313 g/mol. The number of fused-ring (bicyclic) bond motifs is 1. The molecular formula is C13H10ClFNO3P. The topological polar surface area (TPSA) is 48.3 Å². The molecule has 2 aromatic rings. The van der Waals surface area contributed by atoms with E-state index in [0.717, 1.165) is 18.9 Å². The van der Waals surface area contributed by atoms with E-state index in [-0.39, 0.29) is 22.0 Å². The van der Waals surface area contributed by atoms with Crippen LogP contribution < -0.4 is 5.43 Å². The van der Waals surface area contributed by atoms with Gasteiger partial charge in [0.05, 0.1) is 20.0 Å². The van der Waals surface area contributed by atoms with Gasteiger partial charge in [0.15, 0.2) is 0 Å². The molecular weight excluding hydrogens is 304 g/mol. The quantitative estimate of drug-likeness (QED) is 0.801. The molecule has 3 rings (SSSR count). The number of halogens is 2. The molecule has 1 unspecified atom stereocenters. The Morgan fingerprint density at radius 3 is 2.75 bits per heavy atom. The lowest BCUT2D eigenvalue weighted by molar-refractivity contribution is 0.0763. The van der Waals surface area contributed by atoms with Crippen LogP contribution in [0.3, 0.4) is 0 Å². The van der Waals surface area contributed by atoms with E-state index < -0.39 is 17.2 Å². The van der Waals surface area contributed by atoms with Gasteiger partial charge in [-0.25, -0.2) is 9.18 Å². The van der Waals surface area contributed by atoms with Crippen molar-refractivity contribution in [3.63, 3.8) is 0 Å². The van der Waals surface area contributed by atoms with Gasteiger partial charge in [-0.1, -0.05) is 11.6 Å². The van der Waals surface area contributed by atoms with Gasteiger partial charge < -0.3 is 9.09 Å². The van der Waals surface area contributed by atoms with Gasteiger partial charge in [0.2, 0.25) is 5.43 Å². The Bertz CT molecular complexity index is 785. The molecule has 1 atom stereocenters. The number of aromatic nitrogens is 1. The number of benzene rings is 1. The molecule has 0 bridgehead atoms. The fourth-order valence-electron chi connectivity index (χ4n) is 2.21. The van der Waals surface area contributed by atoms with Crippen LogP contribution in [-0.4, -0.2) is 10.5 Å². The molecule has 0 radical (unpaired) electrons. The Hall–Kier alpha value is -1.45. The summed E-state index contributed by atoms with van der Waals surface area (Å²) in [5, 5.41) is 0.0828. The molecule has 0 spiro atoms. The minimum absolute atomic E-state index is 0.0485. The number of rotatable bonds is 2. The first kappa shape index (κ1) is 13.5. The number of pyridine rings is 1. The first-order chi connectivity index (χ1) is 9.52. The number of carbonyl (C=O) groups excluding carboxylic acids is 1. The van der Waals surface area contributed by atoms with E-state index in [1.807, 2.05) is 0 Å². The molecule has 4 nitrogen and oxygen atoms in total. The highest BCUT2D eigenvalue weighted by Crippen LogP contribution is 2.37. The van der Waals surface area contributed by atoms with Gasteiger partial charge >= 0.3 is 5.97 Å². The number of hydrogen-bond donors (Lipinski definition) is 0. The molecule has 104 valence electrons. The van der Waals surface area contributed by atoms with Crippen molar-refractivity contribution >= 4 is 37.9 Å². The lowest BCUT2D eigenvalue weighted by Crippen LogP contribution is -2.19. The lowest BCUT2D eigenvalue weighted by atomic mass is 10.1. The van der Waals surface area contributed by atoms with Crippen LogP contribution in [0.1, 0.15) is 29.2 Å². The van der Waals surface area contributed by atoms with Crippen LogP contribution >= 0.6 is 21.1 Å². The fourth-order valence-corrected chi connectivity index (χ4v) is 2.49. The summed E-state index contributed by atoms with van der Waals surface area (Å²) in [6.07, 6.45) is 3.35. The summed E-state index contributed by atoms with van der Waals surface area (Å²) in [4.78, 5) is 23.9. The molecule has 1 aliphatic rings. The van der Waals surface area contributed by atoms with E-state index in [0.29, 0.717) is 5.52 Å². The zero-order valence-electron chi connectivity index (χ0n) is 10.2. The largest absolute Gasteiger partial charge is 0.448 e. The number of nitrogens with zero attached hydrogens (tertiary/aromatic N) is 1. The third-order valence-corrected chi connectivity index (χ3v) is 3.85. The van der Waals surface area contributed by atoms with Gasteiger partial charge in [-0.15, -0.1) is 0 Å². The summed E-state index contributed by atoms with van der Waals surface area (Å²) >= 11 is 5.78. The maximum absolute atomic E-state index is 13.6. The van der Waals surface area contributed by atoms with Crippen molar-refractivity contribution in [1.82, 2.24) is 4.57 Å². The zero-order chi connectivity index (χ0) is 14.4. The third kappa shape index (κ3) is 2.11. The average molecular weight is 314 g/mol. The summed E-state index contributed by atoms with van der Waals surface area (Å²) < 4.78 is 19.9. The van der Waals surface area contributed by atoms with Crippen LogP contribution in [0.25, 0.3) is 10.9 Å². The molecule has 0 saturated heterocycles. The SMILES string of the molecule is O=C(OP)c1cn(C2CC2)c2cc(Cl)c(F)cc2c1=O. The van der Waals surface area contributed by atoms with E-state index in [9.17, 15) is 14.0 Å². The molecule has 1 saturated carbocycles. The molecule has 20 heavy (non-hydrogen) atoms. The average Bonchev–Trinajstić information content (AvgIpc) is 3.25. The molecule has 1 aliphatic carbocycles. The Labute approximate surface area is 120 Å². The fraction of sp³-hybridized carbons (Fsp3) is 0.231. The van der Waals surface area contributed by atoms with Crippen LogP contribution in [0.4, 0.5) is 4.39 Å². The Balaban J connectivity index is 2.40. The van der Waals surface area contributed by atoms with Crippen molar-refractivity contribution < 1.29 is 13.7 Å². The minimum atomic E-state index is -0.758. The van der Waals surface area contributed by atoms with Crippen molar-refractivity contribution in [2.24, 2.45) is 0 Å². The standard InChI is InChI=1S/C13H10ClFNO3P/c14-9-4-11-7(3-10(9)15)12(17)8(13(18)19-20)5-16(11)6-1-2-6/h3-6H,1-2,20H2. The first-order valence-electron chi connectivity index (χ1n) is 5.98. The second kappa shape index (κ2) is 4.83. The smallest absolute Gasteiger partial charge is 0.345 e. The Morgan fingerprint density at radius 2 is 2.15 bits per heavy atom. The predicted molar refractivity (Wildman–Crippen MR) is 76.6 cm³/mol. The Kier molecular flexibility index (Phi) is 3.27. The molecule has 1 heterocycles.